The molecule has 28 heavy (non-hydrogen) atoms. The summed E-state index contributed by atoms with van der Waals surface area (Å²) in [6.07, 6.45) is 7.58. The van der Waals surface area contributed by atoms with Gasteiger partial charge in [-0.15, -0.1) is 0 Å². The fourth-order valence-corrected chi connectivity index (χ4v) is 4.07. The fourth-order valence-electron chi connectivity index (χ4n) is 4.07. The summed E-state index contributed by atoms with van der Waals surface area (Å²) < 4.78 is 19.8. The van der Waals surface area contributed by atoms with Crippen molar-refractivity contribution < 1.29 is 9.13 Å². The van der Waals surface area contributed by atoms with E-state index in [0.717, 1.165) is 49.0 Å². The lowest BCUT2D eigenvalue weighted by Gasteiger charge is -2.18. The maximum Gasteiger partial charge on any atom is 0.123 e. The van der Waals surface area contributed by atoms with Gasteiger partial charge in [-0.3, -0.25) is 0 Å². The molecular formula is C25H32FNO. The van der Waals surface area contributed by atoms with Gasteiger partial charge in [0.15, 0.2) is 0 Å². The quantitative estimate of drug-likeness (QED) is 0.661. The van der Waals surface area contributed by atoms with Crippen LogP contribution < -0.4 is 10.5 Å². The molecule has 3 heteroatoms. The van der Waals surface area contributed by atoms with Crippen LogP contribution in [0.25, 0.3) is 5.57 Å². The summed E-state index contributed by atoms with van der Waals surface area (Å²) in [5.74, 6) is 1.35. The molecule has 0 aliphatic carbocycles. The standard InChI is InChI=1S/C25H32FNO/c1-4-6-7-24(23-10-9-21(26)12-17(23)3)19-8-11-25-20(15-19)13-18(5-2)14-22(16-27)28-25/h7-12,15,18,22H,4-6,13-14,16,27H2,1-3H3. The van der Waals surface area contributed by atoms with Gasteiger partial charge in [0.25, 0.3) is 0 Å². The van der Waals surface area contributed by atoms with Crippen LogP contribution >= 0.6 is 0 Å². The Kier molecular flexibility index (Phi) is 6.90. The lowest BCUT2D eigenvalue weighted by Crippen LogP contribution is -2.27. The molecule has 1 aliphatic heterocycles. The molecule has 0 bridgehead atoms. The summed E-state index contributed by atoms with van der Waals surface area (Å²) in [5, 5.41) is 0. The third kappa shape index (κ3) is 4.64. The molecular weight excluding hydrogens is 349 g/mol. The molecule has 0 aromatic heterocycles. The van der Waals surface area contributed by atoms with Gasteiger partial charge in [0.2, 0.25) is 0 Å². The van der Waals surface area contributed by atoms with Crippen LogP contribution in [0.3, 0.4) is 0 Å². The molecule has 0 saturated heterocycles. The van der Waals surface area contributed by atoms with E-state index in [4.69, 9.17) is 10.5 Å². The number of fused-ring (bicyclic) bond motifs is 1. The van der Waals surface area contributed by atoms with Gasteiger partial charge >= 0.3 is 0 Å². The Morgan fingerprint density at radius 2 is 2.04 bits per heavy atom. The number of hydrogen-bond acceptors (Lipinski definition) is 2. The van der Waals surface area contributed by atoms with Crippen molar-refractivity contribution in [3.63, 3.8) is 0 Å². The highest BCUT2D eigenvalue weighted by atomic mass is 19.1. The largest absolute Gasteiger partial charge is 0.489 e. The van der Waals surface area contributed by atoms with Crippen LogP contribution in [0.15, 0.2) is 42.5 Å². The minimum atomic E-state index is -0.190. The molecule has 0 saturated carbocycles. The molecule has 0 fully saturated rings. The van der Waals surface area contributed by atoms with Crippen molar-refractivity contribution in [2.75, 3.05) is 6.54 Å². The number of unbranched alkanes of at least 4 members (excludes halogenated alkanes) is 1. The molecule has 2 aromatic rings. The first-order valence-corrected chi connectivity index (χ1v) is 10.5. The first-order chi connectivity index (χ1) is 13.5. The second-order valence-corrected chi connectivity index (χ2v) is 7.88. The molecule has 0 radical (unpaired) electrons. The van der Waals surface area contributed by atoms with E-state index in [2.05, 4.69) is 38.1 Å². The van der Waals surface area contributed by atoms with E-state index in [1.165, 1.54) is 16.7 Å². The average Bonchev–Trinajstić information content (AvgIpc) is 2.87. The summed E-state index contributed by atoms with van der Waals surface area (Å²) in [6.45, 7) is 6.94. The highest BCUT2D eigenvalue weighted by Gasteiger charge is 2.23. The Morgan fingerprint density at radius 1 is 1.21 bits per heavy atom. The van der Waals surface area contributed by atoms with Crippen molar-refractivity contribution in [1.82, 2.24) is 0 Å². The van der Waals surface area contributed by atoms with Gasteiger partial charge in [-0.05, 0) is 84.2 Å². The van der Waals surface area contributed by atoms with E-state index in [-0.39, 0.29) is 11.9 Å². The normalized spacial score (nSPS) is 19.7. The van der Waals surface area contributed by atoms with Crippen LogP contribution in [0.2, 0.25) is 0 Å². The monoisotopic (exact) mass is 381 g/mol. The van der Waals surface area contributed by atoms with Crippen LogP contribution in [0, 0.1) is 18.7 Å². The van der Waals surface area contributed by atoms with Crippen LogP contribution in [-0.4, -0.2) is 12.6 Å². The molecule has 0 spiro atoms. The molecule has 0 amide bonds. The van der Waals surface area contributed by atoms with Crippen molar-refractivity contribution in [3.05, 3.63) is 70.5 Å². The lowest BCUT2D eigenvalue weighted by atomic mass is 9.89. The smallest absolute Gasteiger partial charge is 0.123 e. The third-order valence-corrected chi connectivity index (χ3v) is 5.73. The van der Waals surface area contributed by atoms with Crippen LogP contribution in [0.5, 0.6) is 5.75 Å². The van der Waals surface area contributed by atoms with Gasteiger partial charge in [0.05, 0.1) is 0 Å². The zero-order valence-corrected chi connectivity index (χ0v) is 17.3. The summed E-state index contributed by atoms with van der Waals surface area (Å²) in [4.78, 5) is 0. The van der Waals surface area contributed by atoms with Gasteiger partial charge in [0.1, 0.15) is 17.7 Å². The van der Waals surface area contributed by atoms with Crippen molar-refractivity contribution in [2.45, 2.75) is 59.0 Å². The molecule has 2 nitrogen and oxygen atoms in total. The van der Waals surface area contributed by atoms with Gasteiger partial charge in [-0.1, -0.05) is 44.9 Å². The Balaban J connectivity index is 2.04. The number of nitrogens with two attached hydrogens (primary N) is 1. The summed E-state index contributed by atoms with van der Waals surface area (Å²) in [7, 11) is 0. The number of halogens is 1. The predicted molar refractivity (Wildman–Crippen MR) is 115 cm³/mol. The number of rotatable bonds is 6. The van der Waals surface area contributed by atoms with E-state index >= 15 is 0 Å². The van der Waals surface area contributed by atoms with E-state index < -0.39 is 0 Å². The summed E-state index contributed by atoms with van der Waals surface area (Å²) >= 11 is 0. The minimum Gasteiger partial charge on any atom is -0.489 e. The Bertz CT molecular complexity index is 842. The zero-order valence-electron chi connectivity index (χ0n) is 17.3. The molecule has 150 valence electrons. The Morgan fingerprint density at radius 3 is 2.71 bits per heavy atom. The van der Waals surface area contributed by atoms with Crippen LogP contribution in [-0.2, 0) is 6.42 Å². The molecule has 3 rings (SSSR count). The number of allylic oxidation sites excluding steroid dienone is 1. The van der Waals surface area contributed by atoms with Crippen molar-refractivity contribution >= 4 is 5.57 Å². The number of hydrogen-bond donors (Lipinski definition) is 1. The summed E-state index contributed by atoms with van der Waals surface area (Å²) in [5.41, 5.74) is 11.6. The Labute approximate surface area is 168 Å². The third-order valence-electron chi connectivity index (χ3n) is 5.73. The first-order valence-electron chi connectivity index (χ1n) is 10.5. The number of ether oxygens (including phenoxy) is 1. The second kappa shape index (κ2) is 9.38. The van der Waals surface area contributed by atoms with Crippen LogP contribution in [0.1, 0.15) is 61.8 Å². The first kappa shape index (κ1) is 20.6. The van der Waals surface area contributed by atoms with Crippen molar-refractivity contribution in [3.8, 4) is 5.75 Å². The molecule has 2 atom stereocenters. The average molecular weight is 382 g/mol. The van der Waals surface area contributed by atoms with Gasteiger partial charge < -0.3 is 10.5 Å². The van der Waals surface area contributed by atoms with E-state index in [1.54, 1.807) is 12.1 Å². The molecule has 2 N–H and O–H groups in total. The fraction of sp³-hybridized carbons (Fsp3) is 0.440. The Hall–Kier alpha value is -2.13. The van der Waals surface area contributed by atoms with Crippen LogP contribution in [0.4, 0.5) is 4.39 Å². The molecule has 1 heterocycles. The van der Waals surface area contributed by atoms with E-state index in [9.17, 15) is 4.39 Å². The molecule has 2 aromatic carbocycles. The minimum absolute atomic E-state index is 0.0893. The van der Waals surface area contributed by atoms with Gasteiger partial charge in [-0.25, -0.2) is 4.39 Å². The van der Waals surface area contributed by atoms with Gasteiger partial charge in [-0.2, -0.15) is 0 Å². The number of aryl methyl sites for hydroxylation is 1. The number of benzene rings is 2. The lowest BCUT2D eigenvalue weighted by molar-refractivity contribution is 0.185. The molecule has 1 aliphatic rings. The maximum absolute atomic E-state index is 13.6. The zero-order chi connectivity index (χ0) is 20.1. The van der Waals surface area contributed by atoms with Crippen molar-refractivity contribution in [1.29, 1.82) is 0 Å². The van der Waals surface area contributed by atoms with E-state index in [1.807, 2.05) is 13.0 Å². The highest BCUT2D eigenvalue weighted by molar-refractivity contribution is 5.82. The second-order valence-electron chi connectivity index (χ2n) is 7.88. The van der Waals surface area contributed by atoms with E-state index in [0.29, 0.717) is 12.5 Å². The highest BCUT2D eigenvalue weighted by Crippen LogP contribution is 2.35. The topological polar surface area (TPSA) is 35.2 Å². The predicted octanol–water partition coefficient (Wildman–Crippen LogP) is 6.04. The summed E-state index contributed by atoms with van der Waals surface area (Å²) in [6, 6.07) is 11.5. The maximum atomic E-state index is 13.6. The molecule has 2 unspecified atom stereocenters. The van der Waals surface area contributed by atoms with Crippen molar-refractivity contribution in [2.24, 2.45) is 11.7 Å². The van der Waals surface area contributed by atoms with Gasteiger partial charge in [0, 0.05) is 6.54 Å². The SMILES string of the molecule is CCCC=C(c1ccc2c(c1)CC(CC)CC(CN)O2)c1ccc(F)cc1C.